The summed E-state index contributed by atoms with van der Waals surface area (Å²) in [6, 6.07) is 7.80. The van der Waals surface area contributed by atoms with Crippen molar-refractivity contribution in [1.82, 2.24) is 14.9 Å². The predicted molar refractivity (Wildman–Crippen MR) is 66.4 cm³/mol. The highest BCUT2D eigenvalue weighted by molar-refractivity contribution is 6.30. The summed E-state index contributed by atoms with van der Waals surface area (Å²) < 4.78 is 2.07. The number of nitrogens with zero attached hydrogens (tertiary/aromatic N) is 2. The van der Waals surface area contributed by atoms with Gasteiger partial charge in [-0.25, -0.2) is 4.98 Å². The number of aromatic nitrogens is 2. The first kappa shape index (κ1) is 11.2. The maximum atomic E-state index is 5.97. The Bertz CT molecular complexity index is 491. The Morgan fingerprint density at radius 3 is 2.94 bits per heavy atom. The molecule has 0 spiro atoms. The topological polar surface area (TPSA) is 29.9 Å². The standard InChI is InChI=1S/C12H14ClN3/c1-14-8-12-15-7-11(16(12)2)9-4-3-5-10(13)6-9/h3-7,14H,8H2,1-2H3. The van der Waals surface area contributed by atoms with Crippen LogP contribution in [0.3, 0.4) is 0 Å². The van der Waals surface area contributed by atoms with Crippen LogP contribution in [0.25, 0.3) is 11.3 Å². The van der Waals surface area contributed by atoms with Crippen LogP contribution in [-0.4, -0.2) is 16.6 Å². The fraction of sp³-hybridized carbons (Fsp3) is 0.250. The van der Waals surface area contributed by atoms with Crippen LogP contribution < -0.4 is 5.32 Å². The summed E-state index contributed by atoms with van der Waals surface area (Å²) in [5.74, 6) is 1.01. The number of imidazole rings is 1. The van der Waals surface area contributed by atoms with E-state index < -0.39 is 0 Å². The molecule has 0 fully saturated rings. The lowest BCUT2D eigenvalue weighted by molar-refractivity contribution is 0.712. The van der Waals surface area contributed by atoms with Gasteiger partial charge in [-0.05, 0) is 19.2 Å². The zero-order chi connectivity index (χ0) is 11.5. The normalized spacial score (nSPS) is 10.7. The Hall–Kier alpha value is -1.32. The fourth-order valence-corrected chi connectivity index (χ4v) is 1.88. The van der Waals surface area contributed by atoms with Crippen molar-refractivity contribution in [2.75, 3.05) is 7.05 Å². The van der Waals surface area contributed by atoms with Gasteiger partial charge < -0.3 is 9.88 Å². The van der Waals surface area contributed by atoms with Crippen molar-refractivity contribution >= 4 is 11.6 Å². The lowest BCUT2D eigenvalue weighted by Crippen LogP contribution is -2.10. The van der Waals surface area contributed by atoms with Gasteiger partial charge in [0, 0.05) is 17.6 Å². The molecule has 0 unspecified atom stereocenters. The van der Waals surface area contributed by atoms with E-state index in [1.807, 2.05) is 44.6 Å². The molecule has 1 aromatic carbocycles. The van der Waals surface area contributed by atoms with E-state index in [1.54, 1.807) is 0 Å². The van der Waals surface area contributed by atoms with Gasteiger partial charge in [-0.1, -0.05) is 23.7 Å². The van der Waals surface area contributed by atoms with Gasteiger partial charge in [0.05, 0.1) is 18.4 Å². The molecular weight excluding hydrogens is 222 g/mol. The minimum atomic E-state index is 0.744. The summed E-state index contributed by atoms with van der Waals surface area (Å²) in [5.41, 5.74) is 2.16. The summed E-state index contributed by atoms with van der Waals surface area (Å²) in [4.78, 5) is 4.37. The molecule has 0 aliphatic heterocycles. The van der Waals surface area contributed by atoms with Gasteiger partial charge >= 0.3 is 0 Å². The maximum Gasteiger partial charge on any atom is 0.122 e. The average Bonchev–Trinajstić information content (AvgIpc) is 2.61. The molecule has 0 aliphatic rings. The van der Waals surface area contributed by atoms with Crippen molar-refractivity contribution in [2.24, 2.45) is 7.05 Å². The summed E-state index contributed by atoms with van der Waals surface area (Å²) in [7, 11) is 3.92. The lowest BCUT2D eigenvalue weighted by Gasteiger charge is -2.05. The van der Waals surface area contributed by atoms with Gasteiger partial charge in [0.15, 0.2) is 0 Å². The largest absolute Gasteiger partial charge is 0.330 e. The molecule has 0 saturated heterocycles. The lowest BCUT2D eigenvalue weighted by atomic mass is 10.2. The molecule has 84 valence electrons. The number of rotatable bonds is 3. The smallest absolute Gasteiger partial charge is 0.122 e. The third-order valence-electron chi connectivity index (χ3n) is 2.54. The van der Waals surface area contributed by atoms with Gasteiger partial charge in [-0.15, -0.1) is 0 Å². The van der Waals surface area contributed by atoms with Gasteiger partial charge in [0.1, 0.15) is 5.82 Å². The van der Waals surface area contributed by atoms with Crippen LogP contribution in [0.2, 0.25) is 5.02 Å². The highest BCUT2D eigenvalue weighted by Gasteiger charge is 2.07. The number of nitrogens with one attached hydrogen (secondary N) is 1. The molecule has 0 radical (unpaired) electrons. The number of halogens is 1. The van der Waals surface area contributed by atoms with E-state index >= 15 is 0 Å². The molecule has 0 saturated carbocycles. The molecule has 0 bridgehead atoms. The Morgan fingerprint density at radius 1 is 1.44 bits per heavy atom. The van der Waals surface area contributed by atoms with Gasteiger partial charge in [0.25, 0.3) is 0 Å². The molecule has 1 aromatic heterocycles. The Labute approximate surface area is 100 Å². The molecule has 1 N–H and O–H groups in total. The molecule has 16 heavy (non-hydrogen) atoms. The Morgan fingerprint density at radius 2 is 2.25 bits per heavy atom. The van der Waals surface area contributed by atoms with E-state index in [2.05, 4.69) is 14.9 Å². The first-order valence-electron chi connectivity index (χ1n) is 5.13. The SMILES string of the molecule is CNCc1ncc(-c2cccc(Cl)c2)n1C. The molecular formula is C12H14ClN3. The first-order chi connectivity index (χ1) is 7.72. The van der Waals surface area contributed by atoms with Crippen LogP contribution in [0.15, 0.2) is 30.5 Å². The van der Waals surface area contributed by atoms with Crippen LogP contribution in [0, 0.1) is 0 Å². The predicted octanol–water partition coefficient (Wildman–Crippen LogP) is 2.46. The van der Waals surface area contributed by atoms with Crippen molar-refractivity contribution in [3.8, 4) is 11.3 Å². The van der Waals surface area contributed by atoms with Crippen LogP contribution in [-0.2, 0) is 13.6 Å². The van der Waals surface area contributed by atoms with Crippen molar-refractivity contribution in [3.05, 3.63) is 41.3 Å². The summed E-state index contributed by atoms with van der Waals surface area (Å²) in [6.45, 7) is 0.761. The van der Waals surface area contributed by atoms with E-state index in [0.29, 0.717) is 0 Å². The molecule has 0 amide bonds. The molecule has 2 aromatic rings. The number of hydrogen-bond acceptors (Lipinski definition) is 2. The van der Waals surface area contributed by atoms with E-state index in [0.717, 1.165) is 28.6 Å². The fourth-order valence-electron chi connectivity index (χ4n) is 1.69. The number of benzene rings is 1. The molecule has 0 atom stereocenters. The number of hydrogen-bond donors (Lipinski definition) is 1. The maximum absolute atomic E-state index is 5.97. The van der Waals surface area contributed by atoms with Crippen LogP contribution >= 0.6 is 11.6 Å². The molecule has 0 aliphatic carbocycles. The quantitative estimate of drug-likeness (QED) is 0.886. The van der Waals surface area contributed by atoms with E-state index in [9.17, 15) is 0 Å². The molecule has 1 heterocycles. The van der Waals surface area contributed by atoms with Gasteiger partial charge in [0.2, 0.25) is 0 Å². The Kier molecular flexibility index (Phi) is 3.27. The molecule has 3 nitrogen and oxygen atoms in total. The second-order valence-electron chi connectivity index (χ2n) is 3.66. The third kappa shape index (κ3) is 2.10. The van der Waals surface area contributed by atoms with E-state index in [1.165, 1.54) is 0 Å². The van der Waals surface area contributed by atoms with Crippen LogP contribution in [0.4, 0.5) is 0 Å². The second-order valence-corrected chi connectivity index (χ2v) is 4.10. The average molecular weight is 236 g/mol. The monoisotopic (exact) mass is 235 g/mol. The van der Waals surface area contributed by atoms with Crippen molar-refractivity contribution in [2.45, 2.75) is 6.54 Å². The zero-order valence-corrected chi connectivity index (χ0v) is 10.1. The third-order valence-corrected chi connectivity index (χ3v) is 2.77. The molecule has 2 rings (SSSR count). The van der Waals surface area contributed by atoms with Crippen molar-refractivity contribution in [1.29, 1.82) is 0 Å². The minimum Gasteiger partial charge on any atom is -0.330 e. The van der Waals surface area contributed by atoms with Crippen molar-refractivity contribution < 1.29 is 0 Å². The van der Waals surface area contributed by atoms with E-state index in [4.69, 9.17) is 11.6 Å². The highest BCUT2D eigenvalue weighted by Crippen LogP contribution is 2.22. The summed E-state index contributed by atoms with van der Waals surface area (Å²) >= 11 is 5.97. The summed E-state index contributed by atoms with van der Waals surface area (Å²) in [6.07, 6.45) is 1.87. The minimum absolute atomic E-state index is 0.744. The highest BCUT2D eigenvalue weighted by atomic mass is 35.5. The van der Waals surface area contributed by atoms with Gasteiger partial charge in [-0.2, -0.15) is 0 Å². The molecule has 4 heteroatoms. The zero-order valence-electron chi connectivity index (χ0n) is 9.37. The summed E-state index contributed by atoms with van der Waals surface area (Å²) in [5, 5.41) is 3.84. The second kappa shape index (κ2) is 4.68. The van der Waals surface area contributed by atoms with Crippen LogP contribution in [0.5, 0.6) is 0 Å². The van der Waals surface area contributed by atoms with Crippen molar-refractivity contribution in [3.63, 3.8) is 0 Å². The van der Waals surface area contributed by atoms with Gasteiger partial charge in [-0.3, -0.25) is 0 Å². The Balaban J connectivity index is 2.41. The van der Waals surface area contributed by atoms with Crippen LogP contribution in [0.1, 0.15) is 5.82 Å². The van der Waals surface area contributed by atoms with E-state index in [-0.39, 0.29) is 0 Å². The first-order valence-corrected chi connectivity index (χ1v) is 5.51.